The van der Waals surface area contributed by atoms with Crippen molar-refractivity contribution in [1.82, 2.24) is 0 Å². The van der Waals surface area contributed by atoms with Crippen molar-refractivity contribution in [3.05, 3.63) is 94.0 Å². The van der Waals surface area contributed by atoms with Crippen molar-refractivity contribution in [2.45, 2.75) is 12.5 Å². The smallest absolute Gasteiger partial charge is 0.266 e. The fraction of sp³-hybridized carbons (Fsp3) is 0.0909. The normalized spacial score (nSPS) is 17.7. The molecule has 4 nitrogen and oxygen atoms in total. The van der Waals surface area contributed by atoms with E-state index in [2.05, 4.69) is 0 Å². The zero-order chi connectivity index (χ0) is 18.5. The third kappa shape index (κ3) is 2.45. The van der Waals surface area contributed by atoms with E-state index in [4.69, 9.17) is 16.3 Å². The number of nitrogens with zero attached hydrogens (tertiary/aromatic N) is 1. The van der Waals surface area contributed by atoms with Crippen molar-refractivity contribution >= 4 is 29.1 Å². The van der Waals surface area contributed by atoms with E-state index in [0.717, 1.165) is 16.9 Å². The van der Waals surface area contributed by atoms with Gasteiger partial charge < -0.3 is 4.74 Å². The number of rotatable bonds is 2. The zero-order valence-electron chi connectivity index (χ0n) is 14.2. The molecule has 0 radical (unpaired) electrons. The first-order chi connectivity index (χ1) is 13.1. The topological polar surface area (TPSA) is 46.6 Å². The van der Waals surface area contributed by atoms with Crippen molar-refractivity contribution in [1.29, 1.82) is 0 Å². The molecule has 1 atom stereocenters. The number of imide groups is 1. The number of ether oxygens (including phenoxy) is 1. The summed E-state index contributed by atoms with van der Waals surface area (Å²) in [6, 6.07) is 19.9. The van der Waals surface area contributed by atoms with Gasteiger partial charge in [-0.05, 0) is 42.0 Å². The molecule has 27 heavy (non-hydrogen) atoms. The lowest BCUT2D eigenvalue weighted by Crippen LogP contribution is -2.29. The Morgan fingerprint density at radius 1 is 0.852 bits per heavy atom. The fourth-order valence-electron chi connectivity index (χ4n) is 3.68. The van der Waals surface area contributed by atoms with Gasteiger partial charge in [0.05, 0.1) is 16.8 Å². The minimum atomic E-state index is -0.292. The summed E-state index contributed by atoms with van der Waals surface area (Å²) in [6.45, 7) is 0. The second-order valence-electron chi connectivity index (χ2n) is 6.61. The van der Waals surface area contributed by atoms with Crippen LogP contribution in [0, 0.1) is 0 Å². The maximum absolute atomic E-state index is 12.6. The van der Waals surface area contributed by atoms with Gasteiger partial charge in [-0.3, -0.25) is 9.59 Å². The van der Waals surface area contributed by atoms with Crippen LogP contribution in [0.5, 0.6) is 5.75 Å². The average molecular weight is 376 g/mol. The largest absolute Gasteiger partial charge is 0.485 e. The van der Waals surface area contributed by atoms with Gasteiger partial charge >= 0.3 is 0 Å². The van der Waals surface area contributed by atoms with E-state index in [1.165, 1.54) is 4.90 Å². The molecule has 5 rings (SSSR count). The molecular weight excluding hydrogens is 362 g/mol. The molecule has 0 saturated carbocycles. The number of anilines is 1. The van der Waals surface area contributed by atoms with Crippen LogP contribution in [-0.2, 0) is 6.42 Å². The Hall–Kier alpha value is -3.11. The van der Waals surface area contributed by atoms with Crippen LogP contribution < -0.4 is 9.64 Å². The van der Waals surface area contributed by atoms with Gasteiger partial charge in [0.1, 0.15) is 11.9 Å². The summed E-state index contributed by atoms with van der Waals surface area (Å²) in [5, 5.41) is 0.706. The lowest BCUT2D eigenvalue weighted by atomic mass is 10.0. The molecule has 3 aromatic carbocycles. The molecule has 3 aromatic rings. The van der Waals surface area contributed by atoms with Crippen LogP contribution in [0.4, 0.5) is 5.69 Å². The van der Waals surface area contributed by atoms with E-state index >= 15 is 0 Å². The summed E-state index contributed by atoms with van der Waals surface area (Å²) in [4.78, 5) is 26.4. The van der Waals surface area contributed by atoms with E-state index in [9.17, 15) is 9.59 Å². The van der Waals surface area contributed by atoms with E-state index in [-0.39, 0.29) is 17.9 Å². The minimum absolute atomic E-state index is 0.129. The van der Waals surface area contributed by atoms with Gasteiger partial charge in [0.15, 0.2) is 0 Å². The highest BCUT2D eigenvalue weighted by Crippen LogP contribution is 2.40. The average Bonchev–Trinajstić information content (AvgIpc) is 3.24. The third-order valence-corrected chi connectivity index (χ3v) is 5.41. The summed E-state index contributed by atoms with van der Waals surface area (Å²) in [5.41, 5.74) is 3.42. The van der Waals surface area contributed by atoms with Crippen LogP contribution >= 0.6 is 11.6 Å². The number of amides is 2. The van der Waals surface area contributed by atoms with Crippen molar-refractivity contribution in [2.75, 3.05) is 4.90 Å². The monoisotopic (exact) mass is 375 g/mol. The first-order valence-electron chi connectivity index (χ1n) is 8.65. The van der Waals surface area contributed by atoms with Gasteiger partial charge in [-0.15, -0.1) is 0 Å². The molecule has 0 aromatic heterocycles. The van der Waals surface area contributed by atoms with E-state index in [0.29, 0.717) is 28.3 Å². The van der Waals surface area contributed by atoms with Crippen LogP contribution in [0.15, 0.2) is 66.7 Å². The molecule has 2 aliphatic heterocycles. The lowest BCUT2D eigenvalue weighted by Gasteiger charge is -2.16. The molecule has 0 spiro atoms. The van der Waals surface area contributed by atoms with Gasteiger partial charge in [0.2, 0.25) is 0 Å². The molecule has 0 saturated heterocycles. The van der Waals surface area contributed by atoms with Gasteiger partial charge in [-0.2, -0.15) is 0 Å². The quantitative estimate of drug-likeness (QED) is 0.603. The van der Waals surface area contributed by atoms with Gasteiger partial charge in [0, 0.05) is 17.0 Å². The van der Waals surface area contributed by atoms with Crippen LogP contribution in [-0.4, -0.2) is 11.8 Å². The predicted octanol–water partition coefficient (Wildman–Crippen LogP) is 4.82. The Labute approximate surface area is 160 Å². The fourth-order valence-corrected chi connectivity index (χ4v) is 3.92. The minimum Gasteiger partial charge on any atom is -0.485 e. The zero-order valence-corrected chi connectivity index (χ0v) is 14.9. The highest BCUT2D eigenvalue weighted by molar-refractivity contribution is 6.34. The van der Waals surface area contributed by atoms with E-state index in [1.807, 2.05) is 30.3 Å². The first kappa shape index (κ1) is 16.1. The molecule has 5 heteroatoms. The molecule has 2 heterocycles. The Kier molecular flexibility index (Phi) is 3.55. The van der Waals surface area contributed by atoms with Crippen molar-refractivity contribution in [2.24, 2.45) is 0 Å². The molecule has 0 aliphatic carbocycles. The Morgan fingerprint density at radius 3 is 2.15 bits per heavy atom. The molecule has 0 N–H and O–H groups in total. The van der Waals surface area contributed by atoms with Crippen molar-refractivity contribution < 1.29 is 14.3 Å². The summed E-state index contributed by atoms with van der Waals surface area (Å²) in [7, 11) is 0. The summed E-state index contributed by atoms with van der Waals surface area (Å²) >= 11 is 6.25. The van der Waals surface area contributed by atoms with Gasteiger partial charge in [-0.25, -0.2) is 4.90 Å². The van der Waals surface area contributed by atoms with Gasteiger partial charge in [-0.1, -0.05) is 41.9 Å². The van der Waals surface area contributed by atoms with Crippen LogP contribution in [0.2, 0.25) is 5.02 Å². The second kappa shape index (κ2) is 5.96. The summed E-state index contributed by atoms with van der Waals surface area (Å²) in [6.07, 6.45) is 0.567. The number of halogens is 1. The summed E-state index contributed by atoms with van der Waals surface area (Å²) in [5.74, 6) is 0.219. The van der Waals surface area contributed by atoms with E-state index < -0.39 is 0 Å². The Morgan fingerprint density at radius 2 is 1.52 bits per heavy atom. The molecule has 132 valence electrons. The Balaban J connectivity index is 1.42. The summed E-state index contributed by atoms with van der Waals surface area (Å²) < 4.78 is 6.00. The molecule has 0 bridgehead atoms. The molecule has 0 fully saturated rings. The van der Waals surface area contributed by atoms with Crippen molar-refractivity contribution in [3.63, 3.8) is 0 Å². The number of fused-ring (bicyclic) bond motifs is 2. The lowest BCUT2D eigenvalue weighted by molar-refractivity contribution is 0.0926. The van der Waals surface area contributed by atoms with Crippen LogP contribution in [0.3, 0.4) is 0 Å². The molecule has 1 unspecified atom stereocenters. The highest BCUT2D eigenvalue weighted by atomic mass is 35.5. The Bertz CT molecular complexity index is 1060. The second-order valence-corrected chi connectivity index (χ2v) is 7.02. The third-order valence-electron chi connectivity index (χ3n) is 5.05. The number of hydrogen-bond acceptors (Lipinski definition) is 3. The number of benzene rings is 3. The highest BCUT2D eigenvalue weighted by Gasteiger charge is 2.36. The molecule has 2 amide bonds. The number of hydrogen-bond donors (Lipinski definition) is 0. The standard InChI is InChI=1S/C22H14ClNO3/c23-18-6-3-7-19-17(18)12-20(27-19)13-8-10-14(11-9-13)24-21(25)15-4-1-2-5-16(15)22(24)26/h1-11,20H,12H2. The number of carbonyl (C=O) groups excluding carboxylic acids is 2. The van der Waals surface area contributed by atoms with E-state index in [1.54, 1.807) is 36.4 Å². The number of carbonyl (C=O) groups is 2. The van der Waals surface area contributed by atoms with Gasteiger partial charge in [0.25, 0.3) is 11.8 Å². The predicted molar refractivity (Wildman–Crippen MR) is 103 cm³/mol. The van der Waals surface area contributed by atoms with Crippen LogP contribution in [0.1, 0.15) is 37.9 Å². The molecular formula is C22H14ClNO3. The first-order valence-corrected chi connectivity index (χ1v) is 9.03. The van der Waals surface area contributed by atoms with Crippen molar-refractivity contribution in [3.8, 4) is 5.75 Å². The maximum atomic E-state index is 12.6. The van der Waals surface area contributed by atoms with Crippen LogP contribution in [0.25, 0.3) is 0 Å². The maximum Gasteiger partial charge on any atom is 0.266 e. The SMILES string of the molecule is O=C1c2ccccc2C(=O)N1c1ccc(C2Cc3c(Cl)cccc3O2)cc1. The molecule has 2 aliphatic rings.